The molecule has 1 atom stereocenters. The number of fused-ring (bicyclic) bond motifs is 1. The lowest BCUT2D eigenvalue weighted by atomic mass is 9.99. The summed E-state index contributed by atoms with van der Waals surface area (Å²) >= 11 is 6.12. The van der Waals surface area contributed by atoms with Crippen molar-refractivity contribution in [1.82, 2.24) is 14.9 Å². The maximum atomic E-state index is 9.30. The van der Waals surface area contributed by atoms with Crippen LogP contribution in [0.4, 0.5) is 11.5 Å². The van der Waals surface area contributed by atoms with Crippen molar-refractivity contribution in [1.29, 1.82) is 5.26 Å². The van der Waals surface area contributed by atoms with Crippen LogP contribution in [0.5, 0.6) is 0 Å². The van der Waals surface area contributed by atoms with Gasteiger partial charge in [-0.1, -0.05) is 43.6 Å². The Morgan fingerprint density at radius 2 is 2.00 bits per heavy atom. The van der Waals surface area contributed by atoms with Crippen LogP contribution in [0.15, 0.2) is 59.7 Å². The van der Waals surface area contributed by atoms with E-state index in [0.717, 1.165) is 35.6 Å². The van der Waals surface area contributed by atoms with E-state index in [9.17, 15) is 5.26 Å². The first-order valence-corrected chi connectivity index (χ1v) is 10.7. The predicted molar refractivity (Wildman–Crippen MR) is 125 cm³/mol. The van der Waals surface area contributed by atoms with Crippen molar-refractivity contribution < 1.29 is 0 Å². The summed E-state index contributed by atoms with van der Waals surface area (Å²) in [5, 5.41) is 13.2. The van der Waals surface area contributed by atoms with Crippen LogP contribution in [0.25, 0.3) is 11.0 Å². The number of benzene rings is 2. The highest BCUT2D eigenvalue weighted by Gasteiger charge is 2.32. The zero-order chi connectivity index (χ0) is 21.8. The lowest BCUT2D eigenvalue weighted by Crippen LogP contribution is -2.58. The number of anilines is 2. The molecular weight excluding hydrogens is 410 g/mol. The molecule has 0 radical (unpaired) electrons. The minimum atomic E-state index is 0.140. The topological polar surface area (TPSA) is 80.4 Å². The van der Waals surface area contributed by atoms with Crippen molar-refractivity contribution in [3.8, 4) is 6.19 Å². The average Bonchev–Trinajstić information content (AvgIpc) is 2.78. The second-order valence-electron chi connectivity index (χ2n) is 7.84. The van der Waals surface area contributed by atoms with Crippen molar-refractivity contribution >= 4 is 40.1 Å². The van der Waals surface area contributed by atoms with Crippen molar-refractivity contribution in [3.05, 3.63) is 59.8 Å². The fourth-order valence-corrected chi connectivity index (χ4v) is 4.05. The number of aliphatic imine (C=N–C) groups is 1. The summed E-state index contributed by atoms with van der Waals surface area (Å²) in [6, 6.07) is 15.4. The van der Waals surface area contributed by atoms with E-state index in [0.29, 0.717) is 23.4 Å². The van der Waals surface area contributed by atoms with Gasteiger partial charge in [-0.25, -0.2) is 4.98 Å². The molecule has 0 saturated carbocycles. The summed E-state index contributed by atoms with van der Waals surface area (Å²) in [4.78, 5) is 17.9. The number of piperazine rings is 1. The molecule has 1 aliphatic heterocycles. The number of para-hydroxylation sites is 2. The van der Waals surface area contributed by atoms with Crippen LogP contribution in [-0.4, -0.2) is 46.5 Å². The third kappa shape index (κ3) is 4.70. The molecule has 1 saturated heterocycles. The van der Waals surface area contributed by atoms with Gasteiger partial charge >= 0.3 is 0 Å². The number of guanidine groups is 1. The minimum Gasteiger partial charge on any atom is -0.351 e. The summed E-state index contributed by atoms with van der Waals surface area (Å²) in [5.41, 5.74) is 2.57. The summed E-state index contributed by atoms with van der Waals surface area (Å²) in [7, 11) is 0. The monoisotopic (exact) mass is 433 g/mol. The second kappa shape index (κ2) is 9.19. The molecule has 4 rings (SSSR count). The Balaban J connectivity index is 1.58. The fourth-order valence-electron chi connectivity index (χ4n) is 3.86. The number of aromatic nitrogens is 2. The molecule has 1 aromatic heterocycles. The van der Waals surface area contributed by atoms with E-state index in [1.165, 1.54) is 0 Å². The second-order valence-corrected chi connectivity index (χ2v) is 8.27. The van der Waals surface area contributed by atoms with Crippen molar-refractivity contribution in [2.75, 3.05) is 29.9 Å². The van der Waals surface area contributed by atoms with Crippen LogP contribution in [-0.2, 0) is 0 Å². The lowest BCUT2D eigenvalue weighted by Gasteiger charge is -2.44. The molecule has 0 aliphatic carbocycles. The zero-order valence-electron chi connectivity index (χ0n) is 17.5. The first-order valence-electron chi connectivity index (χ1n) is 10.3. The summed E-state index contributed by atoms with van der Waals surface area (Å²) in [5.74, 6) is 1.74. The van der Waals surface area contributed by atoms with Crippen LogP contribution < -0.4 is 10.2 Å². The van der Waals surface area contributed by atoms with E-state index < -0.39 is 0 Å². The van der Waals surface area contributed by atoms with Gasteiger partial charge in [-0.05, 0) is 36.2 Å². The van der Waals surface area contributed by atoms with Gasteiger partial charge in [0.2, 0.25) is 12.2 Å². The molecule has 31 heavy (non-hydrogen) atoms. The first kappa shape index (κ1) is 20.9. The number of nitriles is 1. The van der Waals surface area contributed by atoms with Gasteiger partial charge in [0.05, 0.1) is 23.3 Å². The third-order valence-electron chi connectivity index (χ3n) is 5.46. The smallest absolute Gasteiger partial charge is 0.214 e. The van der Waals surface area contributed by atoms with E-state index in [2.05, 4.69) is 38.9 Å². The largest absolute Gasteiger partial charge is 0.351 e. The molecule has 8 heteroatoms. The van der Waals surface area contributed by atoms with E-state index in [4.69, 9.17) is 16.6 Å². The highest BCUT2D eigenvalue weighted by molar-refractivity contribution is 6.30. The Bertz CT molecular complexity index is 1140. The molecule has 158 valence electrons. The molecule has 2 heterocycles. The molecule has 1 unspecified atom stereocenters. The molecule has 1 aliphatic rings. The fraction of sp³-hybridized carbons (Fsp3) is 0.304. The van der Waals surface area contributed by atoms with Crippen LogP contribution in [0, 0.1) is 17.4 Å². The molecule has 3 aromatic rings. The number of hydrogen-bond donors (Lipinski definition) is 1. The number of halogens is 1. The molecule has 0 amide bonds. The molecule has 2 aromatic carbocycles. The van der Waals surface area contributed by atoms with E-state index in [1.807, 2.05) is 60.9 Å². The maximum Gasteiger partial charge on any atom is 0.214 e. The Hall–Kier alpha value is -3.37. The molecular formula is C23H24ClN7. The van der Waals surface area contributed by atoms with E-state index in [-0.39, 0.29) is 6.04 Å². The van der Waals surface area contributed by atoms with Gasteiger partial charge in [0.25, 0.3) is 0 Å². The van der Waals surface area contributed by atoms with Crippen LogP contribution >= 0.6 is 11.6 Å². The minimum absolute atomic E-state index is 0.140. The van der Waals surface area contributed by atoms with E-state index in [1.54, 1.807) is 0 Å². The number of nitrogens with zero attached hydrogens (tertiary/aromatic N) is 6. The summed E-state index contributed by atoms with van der Waals surface area (Å²) in [6.45, 7) is 6.56. The summed E-state index contributed by atoms with van der Waals surface area (Å²) < 4.78 is 0. The lowest BCUT2D eigenvalue weighted by molar-refractivity contribution is 0.224. The molecule has 1 fully saturated rings. The molecule has 0 spiro atoms. The zero-order valence-corrected chi connectivity index (χ0v) is 18.3. The SMILES string of the molecule is CC(C)C1CN(c2cnc3ccccc3n2)CCN1/C(=N\C#N)Nc1cccc(Cl)c1. The van der Waals surface area contributed by atoms with Gasteiger partial charge in [0.15, 0.2) is 0 Å². The third-order valence-corrected chi connectivity index (χ3v) is 5.69. The molecule has 7 nitrogen and oxygen atoms in total. The Labute approximate surface area is 187 Å². The number of hydrogen-bond acceptors (Lipinski definition) is 5. The van der Waals surface area contributed by atoms with Gasteiger partial charge in [-0.15, -0.1) is 4.99 Å². The van der Waals surface area contributed by atoms with E-state index >= 15 is 0 Å². The van der Waals surface area contributed by atoms with Gasteiger partial charge in [0.1, 0.15) is 5.82 Å². The van der Waals surface area contributed by atoms with Gasteiger partial charge in [0, 0.05) is 30.3 Å². The maximum absolute atomic E-state index is 9.30. The van der Waals surface area contributed by atoms with Gasteiger partial charge < -0.3 is 15.1 Å². The number of nitrogens with one attached hydrogen (secondary N) is 1. The average molecular weight is 434 g/mol. The highest BCUT2D eigenvalue weighted by atomic mass is 35.5. The predicted octanol–water partition coefficient (Wildman–Crippen LogP) is 4.38. The number of rotatable bonds is 3. The first-order chi connectivity index (χ1) is 15.0. The Kier molecular flexibility index (Phi) is 6.19. The Morgan fingerprint density at radius 1 is 1.19 bits per heavy atom. The van der Waals surface area contributed by atoms with Crippen molar-refractivity contribution in [3.63, 3.8) is 0 Å². The Morgan fingerprint density at radius 3 is 2.74 bits per heavy atom. The van der Waals surface area contributed by atoms with Crippen molar-refractivity contribution in [2.45, 2.75) is 19.9 Å². The van der Waals surface area contributed by atoms with Crippen LogP contribution in [0.1, 0.15) is 13.8 Å². The standard InChI is InChI=1S/C23H24ClN7/c1-16(2)21-14-30(22-13-26-19-8-3-4-9-20(19)29-22)10-11-31(21)23(27-15-25)28-18-7-5-6-17(24)12-18/h3-9,12-13,16,21H,10-11,14H2,1-2H3,(H,27,28). The van der Waals surface area contributed by atoms with Crippen LogP contribution in [0.3, 0.4) is 0 Å². The normalized spacial score (nSPS) is 17.1. The quantitative estimate of drug-likeness (QED) is 0.375. The van der Waals surface area contributed by atoms with Gasteiger partial charge in [-0.3, -0.25) is 4.98 Å². The van der Waals surface area contributed by atoms with Crippen LogP contribution in [0.2, 0.25) is 5.02 Å². The highest BCUT2D eigenvalue weighted by Crippen LogP contribution is 2.24. The molecule has 0 bridgehead atoms. The molecule has 1 N–H and O–H groups in total. The summed E-state index contributed by atoms with van der Waals surface area (Å²) in [6.07, 6.45) is 3.77. The van der Waals surface area contributed by atoms with Crippen molar-refractivity contribution in [2.24, 2.45) is 10.9 Å². The van der Waals surface area contributed by atoms with Gasteiger partial charge in [-0.2, -0.15) is 5.26 Å².